The molecule has 0 spiro atoms. The number of ketones is 1. The van der Waals surface area contributed by atoms with E-state index in [2.05, 4.69) is 0 Å². The summed E-state index contributed by atoms with van der Waals surface area (Å²) in [5.41, 5.74) is 10.9. The number of aliphatic hydroxyl groups excluding tert-OH is 2. The maximum Gasteiger partial charge on any atom is 0.187 e. The molecule has 0 aromatic carbocycles. The van der Waals surface area contributed by atoms with E-state index in [0.29, 0.717) is 19.4 Å². The summed E-state index contributed by atoms with van der Waals surface area (Å²) in [5, 5.41) is 25.5. The molecule has 0 aliphatic heterocycles. The fraction of sp³-hybridized carbons (Fsp3) is 0.889. The van der Waals surface area contributed by atoms with Gasteiger partial charge in [-0.25, -0.2) is 0 Å². The van der Waals surface area contributed by atoms with E-state index in [4.69, 9.17) is 16.6 Å². The average Bonchev–Trinajstić information content (AvgIpc) is 2.26. The van der Waals surface area contributed by atoms with Crippen LogP contribution in [0, 0.1) is 0 Å². The van der Waals surface area contributed by atoms with Crippen molar-refractivity contribution in [2.24, 2.45) is 11.5 Å². The van der Waals surface area contributed by atoms with Crippen LogP contribution in [0.5, 0.6) is 0 Å². The highest BCUT2D eigenvalue weighted by atomic mass is 31.0. The summed E-state index contributed by atoms with van der Waals surface area (Å²) < 4.78 is 0. The second-order valence-electron chi connectivity index (χ2n) is 3.78. The second-order valence-corrected chi connectivity index (χ2v) is 4.66. The van der Waals surface area contributed by atoms with Crippen LogP contribution in [-0.2, 0) is 4.79 Å². The van der Waals surface area contributed by atoms with Crippen LogP contribution in [0.25, 0.3) is 0 Å². The third kappa shape index (κ3) is 4.41. The van der Waals surface area contributed by atoms with E-state index >= 15 is 0 Å². The van der Waals surface area contributed by atoms with Gasteiger partial charge in [0.2, 0.25) is 0 Å². The molecule has 0 amide bonds. The Morgan fingerprint density at radius 1 is 1.44 bits per heavy atom. The fourth-order valence-corrected chi connectivity index (χ4v) is 1.56. The van der Waals surface area contributed by atoms with Crippen LogP contribution in [0.4, 0.5) is 0 Å². The summed E-state index contributed by atoms with van der Waals surface area (Å²) in [6, 6.07) is -0.866. The smallest absolute Gasteiger partial charge is 0.187 e. The van der Waals surface area contributed by atoms with Crippen molar-refractivity contribution < 1.29 is 20.1 Å². The molecule has 0 aromatic heterocycles. The number of Topliss-reactive ketones (excluding diaryl/α,β-unsaturated/α-hetero) is 1. The molecule has 0 heterocycles. The number of unbranched alkanes of at least 4 members (excludes halogenated alkanes) is 1. The van der Waals surface area contributed by atoms with Gasteiger partial charge in [-0.3, -0.25) is 4.79 Å². The van der Waals surface area contributed by atoms with Crippen LogP contribution in [-0.4, -0.2) is 51.7 Å². The van der Waals surface area contributed by atoms with Crippen LogP contribution in [0.3, 0.4) is 0 Å². The first-order chi connectivity index (χ1) is 7.37. The van der Waals surface area contributed by atoms with Gasteiger partial charge in [0.05, 0.1) is 12.6 Å². The van der Waals surface area contributed by atoms with Gasteiger partial charge in [0, 0.05) is 0 Å². The molecular formula is C9H21N2O4P. The molecular weight excluding hydrogens is 231 g/mol. The van der Waals surface area contributed by atoms with Crippen LogP contribution in [0.2, 0.25) is 0 Å². The molecule has 7 N–H and O–H groups in total. The zero-order chi connectivity index (χ0) is 12.8. The largest absolute Gasteiger partial charge is 0.394 e. The molecule has 4 unspecified atom stereocenters. The lowest BCUT2D eigenvalue weighted by atomic mass is 9.98. The van der Waals surface area contributed by atoms with Crippen molar-refractivity contribution in [1.82, 2.24) is 0 Å². The quantitative estimate of drug-likeness (QED) is 0.249. The van der Waals surface area contributed by atoms with Crippen LogP contribution < -0.4 is 11.5 Å². The summed E-state index contributed by atoms with van der Waals surface area (Å²) in [6.07, 6.45) is 0.272. The van der Waals surface area contributed by atoms with Crippen molar-refractivity contribution >= 4 is 15.0 Å². The first kappa shape index (κ1) is 15.9. The minimum atomic E-state index is -2.09. The molecule has 7 heteroatoms. The zero-order valence-corrected chi connectivity index (χ0v) is 10.3. The standard InChI is InChI=1S/C9H21N2O4P/c10-4-2-1-3-6(11)8(14)9(15,16)7(13)5-12/h6-7,12-13,15H,1-5,10-11,16H2. The van der Waals surface area contributed by atoms with E-state index in [1.165, 1.54) is 0 Å². The van der Waals surface area contributed by atoms with Crippen LogP contribution >= 0.6 is 9.24 Å². The molecule has 0 radical (unpaired) electrons. The van der Waals surface area contributed by atoms with Gasteiger partial charge < -0.3 is 26.8 Å². The Labute approximate surface area is 97.2 Å². The topological polar surface area (TPSA) is 130 Å². The average molecular weight is 252 g/mol. The lowest BCUT2D eigenvalue weighted by Gasteiger charge is -2.28. The number of hydrogen-bond donors (Lipinski definition) is 5. The van der Waals surface area contributed by atoms with Crippen molar-refractivity contribution in [2.45, 2.75) is 36.8 Å². The third-order valence-electron chi connectivity index (χ3n) is 2.38. The predicted octanol–water partition coefficient (Wildman–Crippen LogP) is -2.07. The molecule has 0 bridgehead atoms. The molecule has 0 rings (SSSR count). The Kier molecular flexibility index (Phi) is 7.22. The normalized spacial score (nSPS) is 18.9. The second kappa shape index (κ2) is 7.27. The number of hydrogen-bond acceptors (Lipinski definition) is 6. The lowest BCUT2D eigenvalue weighted by Crippen LogP contribution is -2.52. The molecule has 4 atom stereocenters. The summed E-state index contributed by atoms with van der Waals surface area (Å²) >= 11 is 0. The van der Waals surface area contributed by atoms with E-state index in [0.717, 1.165) is 6.42 Å². The zero-order valence-electron chi connectivity index (χ0n) is 9.17. The van der Waals surface area contributed by atoms with Gasteiger partial charge >= 0.3 is 0 Å². The van der Waals surface area contributed by atoms with E-state index in [1.54, 1.807) is 0 Å². The lowest BCUT2D eigenvalue weighted by molar-refractivity contribution is -0.140. The van der Waals surface area contributed by atoms with E-state index in [1.807, 2.05) is 9.24 Å². The van der Waals surface area contributed by atoms with Gasteiger partial charge in [-0.15, -0.1) is 0 Å². The first-order valence-electron chi connectivity index (χ1n) is 5.18. The highest BCUT2D eigenvalue weighted by Gasteiger charge is 2.40. The van der Waals surface area contributed by atoms with Crippen molar-refractivity contribution in [1.29, 1.82) is 0 Å². The summed E-state index contributed by atoms with van der Waals surface area (Å²) in [4.78, 5) is 11.7. The molecule has 6 nitrogen and oxygen atoms in total. The highest BCUT2D eigenvalue weighted by molar-refractivity contribution is 7.20. The molecule has 0 saturated carbocycles. The number of carbonyl (C=O) groups is 1. The minimum absolute atomic E-state index is 0.394. The van der Waals surface area contributed by atoms with Crippen molar-refractivity contribution in [3.63, 3.8) is 0 Å². The number of rotatable bonds is 8. The Morgan fingerprint density at radius 3 is 2.44 bits per heavy atom. The molecule has 0 aliphatic carbocycles. The predicted molar refractivity (Wildman–Crippen MR) is 63.6 cm³/mol. The fourth-order valence-electron chi connectivity index (χ4n) is 1.24. The summed E-state index contributed by atoms with van der Waals surface area (Å²) in [7, 11) is 1.83. The van der Waals surface area contributed by atoms with E-state index in [9.17, 15) is 15.0 Å². The maximum atomic E-state index is 11.7. The van der Waals surface area contributed by atoms with Gasteiger partial charge in [-0.05, 0) is 19.4 Å². The molecule has 0 aromatic rings. The maximum absolute atomic E-state index is 11.7. The third-order valence-corrected chi connectivity index (χ3v) is 3.05. The van der Waals surface area contributed by atoms with Crippen molar-refractivity contribution in [2.75, 3.05) is 13.2 Å². The van der Waals surface area contributed by atoms with E-state index in [-0.39, 0.29) is 0 Å². The minimum Gasteiger partial charge on any atom is -0.394 e. The summed E-state index contributed by atoms with van der Waals surface area (Å²) in [5.74, 6) is -0.698. The molecule has 0 fully saturated rings. The van der Waals surface area contributed by atoms with Crippen molar-refractivity contribution in [3.05, 3.63) is 0 Å². The monoisotopic (exact) mass is 252 g/mol. The number of aliphatic hydroxyl groups is 3. The molecule has 96 valence electrons. The van der Waals surface area contributed by atoms with Crippen LogP contribution in [0.1, 0.15) is 19.3 Å². The Balaban J connectivity index is 4.30. The molecule has 0 saturated heterocycles. The number of nitrogens with two attached hydrogens (primary N) is 2. The Hall–Kier alpha value is -0.100. The number of carbonyl (C=O) groups excluding carboxylic acids is 1. The van der Waals surface area contributed by atoms with Gasteiger partial charge in [0.25, 0.3) is 0 Å². The summed E-state index contributed by atoms with van der Waals surface area (Å²) in [6.45, 7) is -0.188. The first-order valence-corrected chi connectivity index (χ1v) is 5.75. The van der Waals surface area contributed by atoms with E-state index < -0.39 is 29.9 Å². The van der Waals surface area contributed by atoms with Crippen LogP contribution in [0.15, 0.2) is 0 Å². The van der Waals surface area contributed by atoms with Gasteiger partial charge in [0.1, 0.15) is 6.10 Å². The van der Waals surface area contributed by atoms with Gasteiger partial charge in [0.15, 0.2) is 11.1 Å². The highest BCUT2D eigenvalue weighted by Crippen LogP contribution is 2.23. The molecule has 0 aliphatic rings. The Bertz CT molecular complexity index is 226. The van der Waals surface area contributed by atoms with Crippen molar-refractivity contribution in [3.8, 4) is 0 Å². The SMILES string of the molecule is NCCCCC(N)C(=O)C(O)(P)C(O)CO. The van der Waals surface area contributed by atoms with Gasteiger partial charge in [-0.2, -0.15) is 0 Å². The Morgan fingerprint density at radius 2 is 2.00 bits per heavy atom. The molecule has 16 heavy (non-hydrogen) atoms. The van der Waals surface area contributed by atoms with Gasteiger partial charge in [-0.1, -0.05) is 15.7 Å².